The number of anilines is 1. The largest absolute Gasteiger partial charge is 0.465 e. The molecule has 0 amide bonds. The van der Waals surface area contributed by atoms with Crippen LogP contribution in [0, 0.1) is 6.92 Å². The Morgan fingerprint density at radius 2 is 1.67 bits per heavy atom. The van der Waals surface area contributed by atoms with E-state index in [9.17, 15) is 4.79 Å². The first-order valence-electron chi connectivity index (χ1n) is 5.66. The summed E-state index contributed by atoms with van der Waals surface area (Å²) in [5.41, 5.74) is 9.79. The Morgan fingerprint density at radius 3 is 2.28 bits per heavy atom. The molecule has 0 radical (unpaired) electrons. The molecule has 2 N–H and O–H groups in total. The molecule has 0 atom stereocenters. The number of methoxy groups -OCH3 is 1. The molecule has 0 heterocycles. The third-order valence-corrected chi connectivity index (χ3v) is 2.84. The van der Waals surface area contributed by atoms with Gasteiger partial charge in [-0.2, -0.15) is 0 Å². The maximum Gasteiger partial charge on any atom is 0.339 e. The molecule has 3 nitrogen and oxygen atoms in total. The number of rotatable bonds is 2. The van der Waals surface area contributed by atoms with Gasteiger partial charge in [0.1, 0.15) is 0 Å². The third-order valence-electron chi connectivity index (χ3n) is 2.84. The van der Waals surface area contributed by atoms with Gasteiger partial charge in [0.25, 0.3) is 0 Å². The van der Waals surface area contributed by atoms with E-state index in [0.717, 1.165) is 11.1 Å². The number of aryl methyl sites for hydroxylation is 1. The zero-order chi connectivity index (χ0) is 13.1. The predicted molar refractivity (Wildman–Crippen MR) is 72.4 cm³/mol. The normalized spacial score (nSPS) is 10.1. The van der Waals surface area contributed by atoms with Gasteiger partial charge >= 0.3 is 5.97 Å². The number of nitrogen functional groups attached to an aromatic ring is 1. The summed E-state index contributed by atoms with van der Waals surface area (Å²) in [5, 5.41) is 0. The van der Waals surface area contributed by atoms with Crippen LogP contribution in [0.1, 0.15) is 15.9 Å². The smallest absolute Gasteiger partial charge is 0.339 e. The molecular weight excluding hydrogens is 226 g/mol. The fourth-order valence-corrected chi connectivity index (χ4v) is 1.77. The highest BCUT2D eigenvalue weighted by atomic mass is 16.5. The summed E-state index contributed by atoms with van der Waals surface area (Å²) >= 11 is 0. The Morgan fingerprint density at radius 1 is 1.06 bits per heavy atom. The molecule has 3 heteroatoms. The number of ether oxygens (including phenoxy) is 1. The second kappa shape index (κ2) is 4.92. The van der Waals surface area contributed by atoms with Crippen LogP contribution in [0.25, 0.3) is 11.1 Å². The van der Waals surface area contributed by atoms with Gasteiger partial charge in [-0.05, 0) is 30.2 Å². The summed E-state index contributed by atoms with van der Waals surface area (Å²) in [4.78, 5) is 11.6. The quantitative estimate of drug-likeness (QED) is 0.649. The van der Waals surface area contributed by atoms with Crippen molar-refractivity contribution in [1.82, 2.24) is 0 Å². The van der Waals surface area contributed by atoms with Crippen molar-refractivity contribution < 1.29 is 9.53 Å². The van der Waals surface area contributed by atoms with Crippen LogP contribution in [0.4, 0.5) is 5.69 Å². The molecule has 0 aliphatic heterocycles. The molecule has 0 aliphatic carbocycles. The Labute approximate surface area is 106 Å². The van der Waals surface area contributed by atoms with Gasteiger partial charge in [0, 0.05) is 5.69 Å². The van der Waals surface area contributed by atoms with Crippen LogP contribution in [0.3, 0.4) is 0 Å². The van der Waals surface area contributed by atoms with Crippen LogP contribution in [-0.2, 0) is 4.74 Å². The molecule has 0 fully saturated rings. The summed E-state index contributed by atoms with van der Waals surface area (Å²) in [6.45, 7) is 2.03. The van der Waals surface area contributed by atoms with Crippen molar-refractivity contribution in [2.45, 2.75) is 6.92 Å². The minimum atomic E-state index is -0.415. The van der Waals surface area contributed by atoms with Crippen LogP contribution in [0.5, 0.6) is 0 Å². The zero-order valence-electron chi connectivity index (χ0n) is 10.4. The van der Waals surface area contributed by atoms with Gasteiger partial charge in [0.2, 0.25) is 0 Å². The summed E-state index contributed by atoms with van der Waals surface area (Å²) in [6.07, 6.45) is 0. The molecule has 0 bridgehead atoms. The third kappa shape index (κ3) is 2.35. The van der Waals surface area contributed by atoms with E-state index in [1.807, 2.05) is 37.3 Å². The van der Waals surface area contributed by atoms with Crippen molar-refractivity contribution in [2.24, 2.45) is 0 Å². The van der Waals surface area contributed by atoms with Crippen LogP contribution in [-0.4, -0.2) is 13.1 Å². The number of hydrogen-bond acceptors (Lipinski definition) is 3. The van der Waals surface area contributed by atoms with Crippen LogP contribution in [0.2, 0.25) is 0 Å². The van der Waals surface area contributed by atoms with E-state index < -0.39 is 5.97 Å². The molecular formula is C15H15NO2. The molecule has 0 unspecified atom stereocenters. The highest BCUT2D eigenvalue weighted by Crippen LogP contribution is 2.24. The lowest BCUT2D eigenvalue weighted by atomic mass is 10.0. The Balaban J connectivity index is 2.46. The molecule has 0 saturated carbocycles. The molecule has 2 aromatic rings. The number of hydrogen-bond donors (Lipinski definition) is 1. The number of esters is 1. The van der Waals surface area contributed by atoms with Crippen molar-refractivity contribution in [1.29, 1.82) is 0 Å². The molecule has 0 aromatic heterocycles. The van der Waals surface area contributed by atoms with Gasteiger partial charge < -0.3 is 10.5 Å². The maximum absolute atomic E-state index is 11.6. The van der Waals surface area contributed by atoms with Gasteiger partial charge in [-0.3, -0.25) is 0 Å². The monoisotopic (exact) mass is 241 g/mol. The summed E-state index contributed by atoms with van der Waals surface area (Å²) in [5.74, 6) is -0.415. The van der Waals surface area contributed by atoms with Crippen molar-refractivity contribution in [3.8, 4) is 11.1 Å². The lowest BCUT2D eigenvalue weighted by molar-refractivity contribution is 0.0602. The Hall–Kier alpha value is -2.29. The average Bonchev–Trinajstić information content (AvgIpc) is 2.39. The second-order valence-electron chi connectivity index (χ2n) is 4.16. The molecule has 0 spiro atoms. The van der Waals surface area contributed by atoms with Crippen LogP contribution in [0.15, 0.2) is 42.5 Å². The first-order valence-corrected chi connectivity index (χ1v) is 5.66. The van der Waals surface area contributed by atoms with Gasteiger partial charge in [-0.25, -0.2) is 4.79 Å². The summed E-state index contributed by atoms with van der Waals surface area (Å²) < 4.78 is 4.71. The topological polar surface area (TPSA) is 52.3 Å². The van der Waals surface area contributed by atoms with Crippen molar-refractivity contribution in [3.05, 3.63) is 53.6 Å². The van der Waals surface area contributed by atoms with Gasteiger partial charge in [0.05, 0.1) is 12.7 Å². The lowest BCUT2D eigenvalue weighted by Crippen LogP contribution is -2.05. The fraction of sp³-hybridized carbons (Fsp3) is 0.133. The van der Waals surface area contributed by atoms with E-state index in [1.165, 1.54) is 12.7 Å². The molecule has 2 aromatic carbocycles. The molecule has 92 valence electrons. The molecule has 18 heavy (non-hydrogen) atoms. The zero-order valence-corrected chi connectivity index (χ0v) is 10.4. The number of benzene rings is 2. The first kappa shape index (κ1) is 12.2. The second-order valence-corrected chi connectivity index (χ2v) is 4.16. The van der Waals surface area contributed by atoms with Crippen LogP contribution < -0.4 is 5.73 Å². The average molecular weight is 241 g/mol. The van der Waals surface area contributed by atoms with E-state index in [-0.39, 0.29) is 0 Å². The summed E-state index contributed by atoms with van der Waals surface area (Å²) in [6, 6.07) is 13.5. The van der Waals surface area contributed by atoms with E-state index in [4.69, 9.17) is 10.5 Å². The first-order chi connectivity index (χ1) is 8.61. The summed E-state index contributed by atoms with van der Waals surface area (Å²) in [7, 11) is 1.35. The maximum atomic E-state index is 11.6. The van der Waals surface area contributed by atoms with Crippen molar-refractivity contribution in [2.75, 3.05) is 12.8 Å². The minimum Gasteiger partial charge on any atom is -0.465 e. The number of carbonyl (C=O) groups excluding carboxylic acids is 1. The number of nitrogens with two attached hydrogens (primary N) is 1. The van der Waals surface area contributed by atoms with E-state index in [0.29, 0.717) is 11.3 Å². The SMILES string of the molecule is COC(=O)c1cc(-c2ccc(C)cc2)ccc1N. The molecule has 2 rings (SSSR count). The number of carbonyl (C=O) groups is 1. The molecule has 0 aliphatic rings. The van der Waals surface area contributed by atoms with Crippen molar-refractivity contribution in [3.63, 3.8) is 0 Å². The highest BCUT2D eigenvalue weighted by Gasteiger charge is 2.11. The highest BCUT2D eigenvalue weighted by molar-refractivity contribution is 5.96. The minimum absolute atomic E-state index is 0.399. The van der Waals surface area contributed by atoms with Gasteiger partial charge in [0.15, 0.2) is 0 Å². The lowest BCUT2D eigenvalue weighted by Gasteiger charge is -2.07. The van der Waals surface area contributed by atoms with Gasteiger partial charge in [-0.1, -0.05) is 35.9 Å². The molecule has 0 saturated heterocycles. The van der Waals surface area contributed by atoms with E-state index in [2.05, 4.69) is 0 Å². The van der Waals surface area contributed by atoms with Crippen molar-refractivity contribution >= 4 is 11.7 Å². The Bertz CT molecular complexity index is 574. The van der Waals surface area contributed by atoms with E-state index in [1.54, 1.807) is 12.1 Å². The van der Waals surface area contributed by atoms with E-state index >= 15 is 0 Å². The standard InChI is InChI=1S/C15H15NO2/c1-10-3-5-11(6-4-10)12-7-8-14(16)13(9-12)15(17)18-2/h3-9H,16H2,1-2H3. The van der Waals surface area contributed by atoms with Gasteiger partial charge in [-0.15, -0.1) is 0 Å². The van der Waals surface area contributed by atoms with Crippen LogP contribution >= 0.6 is 0 Å². The Kier molecular flexibility index (Phi) is 3.33. The predicted octanol–water partition coefficient (Wildman–Crippen LogP) is 3.03. The fourth-order valence-electron chi connectivity index (χ4n) is 1.77.